The SMILES string of the molecule is [C-]#[N+]c1ccc(C[C@@H](C(=O)NCC(=O)c2ccc(C#N)cc2)[C@H](C)O[Si](C)(C)C(C)(C)C)c(C)c1C. The van der Waals surface area contributed by atoms with E-state index in [1.54, 1.807) is 30.3 Å². The predicted octanol–water partition coefficient (Wildman–Crippen LogP) is 6.29. The van der Waals surface area contributed by atoms with Gasteiger partial charge in [-0.15, -0.1) is 0 Å². The molecule has 0 saturated heterocycles. The van der Waals surface area contributed by atoms with E-state index in [4.69, 9.17) is 16.3 Å². The van der Waals surface area contributed by atoms with Crippen molar-refractivity contribution in [3.05, 3.63) is 75.6 Å². The molecule has 190 valence electrons. The maximum Gasteiger partial charge on any atom is 0.226 e. The molecule has 2 aromatic carbocycles. The van der Waals surface area contributed by atoms with E-state index in [1.807, 2.05) is 32.9 Å². The van der Waals surface area contributed by atoms with Crippen LogP contribution in [0.5, 0.6) is 0 Å². The zero-order valence-corrected chi connectivity index (χ0v) is 23.7. The first-order valence-electron chi connectivity index (χ1n) is 12.2. The molecule has 7 heteroatoms. The molecule has 0 aromatic heterocycles. The number of nitrogens with one attached hydrogen (secondary N) is 1. The predicted molar refractivity (Wildman–Crippen MR) is 146 cm³/mol. The molecule has 0 unspecified atom stereocenters. The van der Waals surface area contributed by atoms with Crippen LogP contribution in [0.3, 0.4) is 0 Å². The van der Waals surface area contributed by atoms with Gasteiger partial charge in [0.05, 0.1) is 36.8 Å². The van der Waals surface area contributed by atoms with E-state index in [2.05, 4.69) is 44.0 Å². The lowest BCUT2D eigenvalue weighted by Crippen LogP contribution is -2.48. The first-order valence-corrected chi connectivity index (χ1v) is 15.1. The summed E-state index contributed by atoms with van der Waals surface area (Å²) in [6.07, 6.45) is 0.0774. The standard InChI is InChI=1S/C29H37N3O3Si/c1-19-20(2)26(31-7)15-14-24(19)16-25(21(3)35-36(8,9)29(4,5)6)28(34)32-18-27(33)23-12-10-22(17-30)11-13-23/h10-15,21,25H,16,18H2,1-6,8-9H3,(H,32,34)/t21-,25+/m0/s1. The van der Waals surface area contributed by atoms with Crippen LogP contribution in [0, 0.1) is 37.7 Å². The summed E-state index contributed by atoms with van der Waals surface area (Å²) in [5.41, 5.74) is 4.42. The molecule has 36 heavy (non-hydrogen) atoms. The van der Waals surface area contributed by atoms with Crippen LogP contribution >= 0.6 is 0 Å². The summed E-state index contributed by atoms with van der Waals surface area (Å²) in [5.74, 6) is -0.975. The molecule has 0 aliphatic rings. The summed E-state index contributed by atoms with van der Waals surface area (Å²) >= 11 is 0. The molecule has 0 aliphatic carbocycles. The number of rotatable bonds is 9. The van der Waals surface area contributed by atoms with Gasteiger partial charge in [-0.25, -0.2) is 4.85 Å². The highest BCUT2D eigenvalue weighted by molar-refractivity contribution is 6.74. The molecular formula is C29H37N3O3Si. The van der Waals surface area contributed by atoms with Crippen molar-refractivity contribution in [1.82, 2.24) is 5.32 Å². The number of Topliss-reactive ketones (excluding diaryl/α,β-unsaturated/α-hetero) is 1. The van der Waals surface area contributed by atoms with Crippen LogP contribution in [-0.4, -0.2) is 32.7 Å². The third kappa shape index (κ3) is 6.91. The zero-order chi connectivity index (χ0) is 27.3. The number of ketones is 1. The lowest BCUT2D eigenvalue weighted by molar-refractivity contribution is -0.127. The minimum absolute atomic E-state index is 0.0162. The summed E-state index contributed by atoms with van der Waals surface area (Å²) < 4.78 is 6.60. The van der Waals surface area contributed by atoms with Crippen molar-refractivity contribution >= 4 is 25.7 Å². The van der Waals surface area contributed by atoms with Crippen molar-refractivity contribution in [1.29, 1.82) is 5.26 Å². The van der Waals surface area contributed by atoms with Crippen molar-refractivity contribution in [2.45, 2.75) is 72.2 Å². The molecule has 1 amide bonds. The average molecular weight is 504 g/mol. The number of hydrogen-bond donors (Lipinski definition) is 1. The minimum atomic E-state index is -2.15. The van der Waals surface area contributed by atoms with Gasteiger partial charge in [-0.1, -0.05) is 50.6 Å². The van der Waals surface area contributed by atoms with Crippen molar-refractivity contribution in [2.24, 2.45) is 5.92 Å². The summed E-state index contributed by atoms with van der Waals surface area (Å²) in [5, 5.41) is 11.8. The Morgan fingerprint density at radius 2 is 1.72 bits per heavy atom. The largest absolute Gasteiger partial charge is 0.413 e. The third-order valence-corrected chi connectivity index (χ3v) is 12.0. The molecule has 0 saturated carbocycles. The second-order valence-corrected chi connectivity index (χ2v) is 15.6. The molecule has 2 aromatic rings. The average Bonchev–Trinajstić information content (AvgIpc) is 2.82. The molecule has 2 atom stereocenters. The molecule has 0 heterocycles. The van der Waals surface area contributed by atoms with Gasteiger partial charge in [-0.2, -0.15) is 5.26 Å². The van der Waals surface area contributed by atoms with Gasteiger partial charge in [0.1, 0.15) is 0 Å². The Labute approximate surface area is 216 Å². The van der Waals surface area contributed by atoms with E-state index in [-0.39, 0.29) is 29.4 Å². The number of hydrogen-bond acceptors (Lipinski definition) is 4. The highest BCUT2D eigenvalue weighted by Crippen LogP contribution is 2.38. The Kier molecular flexibility index (Phi) is 9.37. The van der Waals surface area contributed by atoms with Crippen LogP contribution in [-0.2, 0) is 15.6 Å². The normalized spacial score (nSPS) is 13.3. The van der Waals surface area contributed by atoms with Gasteiger partial charge in [-0.05, 0) is 68.6 Å². The lowest BCUT2D eigenvalue weighted by atomic mass is 9.89. The fourth-order valence-electron chi connectivity index (χ4n) is 3.77. The second-order valence-electron chi connectivity index (χ2n) is 10.8. The highest BCUT2D eigenvalue weighted by Gasteiger charge is 2.41. The number of amides is 1. The molecule has 0 fully saturated rings. The van der Waals surface area contributed by atoms with Crippen molar-refractivity contribution in [3.8, 4) is 6.07 Å². The fourth-order valence-corrected chi connectivity index (χ4v) is 5.22. The van der Waals surface area contributed by atoms with Gasteiger partial charge in [-0.3, -0.25) is 9.59 Å². The summed E-state index contributed by atoms with van der Waals surface area (Å²) in [6.45, 7) is 23.9. The van der Waals surface area contributed by atoms with Gasteiger partial charge >= 0.3 is 0 Å². The minimum Gasteiger partial charge on any atom is -0.413 e. The van der Waals surface area contributed by atoms with Gasteiger partial charge < -0.3 is 9.74 Å². The maximum atomic E-state index is 13.5. The Bertz CT molecular complexity index is 1200. The summed E-state index contributed by atoms with van der Waals surface area (Å²) in [6, 6.07) is 12.1. The quantitative estimate of drug-likeness (QED) is 0.247. The molecule has 0 aliphatic heterocycles. The molecule has 0 spiro atoms. The Hall–Kier alpha value is -3.26. The van der Waals surface area contributed by atoms with Crippen molar-refractivity contribution < 1.29 is 14.0 Å². The Morgan fingerprint density at radius 3 is 2.25 bits per heavy atom. The van der Waals surface area contributed by atoms with Crippen LogP contribution in [0.25, 0.3) is 4.85 Å². The van der Waals surface area contributed by atoms with Crippen LogP contribution in [0.2, 0.25) is 18.1 Å². The summed E-state index contributed by atoms with van der Waals surface area (Å²) in [7, 11) is -2.15. The molecule has 1 N–H and O–H groups in total. The molecular weight excluding hydrogens is 466 g/mol. The van der Waals surface area contributed by atoms with Crippen molar-refractivity contribution in [3.63, 3.8) is 0 Å². The highest BCUT2D eigenvalue weighted by atomic mass is 28.4. The van der Waals surface area contributed by atoms with E-state index in [9.17, 15) is 9.59 Å². The maximum absolute atomic E-state index is 13.5. The third-order valence-electron chi connectivity index (χ3n) is 7.38. The number of carbonyl (C=O) groups is 2. The number of carbonyl (C=O) groups excluding carboxylic acids is 2. The van der Waals surface area contributed by atoms with E-state index < -0.39 is 14.2 Å². The Balaban J connectivity index is 2.29. The number of nitrogens with zero attached hydrogens (tertiary/aromatic N) is 2. The van der Waals surface area contributed by atoms with Crippen LogP contribution in [0.4, 0.5) is 5.69 Å². The molecule has 2 rings (SSSR count). The van der Waals surface area contributed by atoms with Crippen LogP contribution in [0.15, 0.2) is 36.4 Å². The smallest absolute Gasteiger partial charge is 0.226 e. The lowest BCUT2D eigenvalue weighted by Gasteiger charge is -2.40. The van der Waals surface area contributed by atoms with E-state index in [1.165, 1.54) is 0 Å². The van der Waals surface area contributed by atoms with Gasteiger partial charge in [0.25, 0.3) is 0 Å². The molecule has 0 bridgehead atoms. The second kappa shape index (κ2) is 11.6. The topological polar surface area (TPSA) is 83.5 Å². The van der Waals surface area contributed by atoms with Crippen LogP contribution in [0.1, 0.15) is 60.3 Å². The zero-order valence-electron chi connectivity index (χ0n) is 22.7. The first kappa shape index (κ1) is 29.0. The monoisotopic (exact) mass is 503 g/mol. The first-order chi connectivity index (χ1) is 16.7. The van der Waals surface area contributed by atoms with Crippen LogP contribution < -0.4 is 5.32 Å². The van der Waals surface area contributed by atoms with Gasteiger partial charge in [0, 0.05) is 5.56 Å². The molecule has 0 radical (unpaired) electrons. The van der Waals surface area contributed by atoms with E-state index >= 15 is 0 Å². The van der Waals surface area contributed by atoms with Crippen molar-refractivity contribution in [2.75, 3.05) is 6.54 Å². The van der Waals surface area contributed by atoms with Gasteiger partial charge in [0.2, 0.25) is 5.91 Å². The summed E-state index contributed by atoms with van der Waals surface area (Å²) in [4.78, 5) is 29.7. The number of benzene rings is 2. The van der Waals surface area contributed by atoms with Gasteiger partial charge in [0.15, 0.2) is 19.8 Å². The van der Waals surface area contributed by atoms with E-state index in [0.717, 1.165) is 16.7 Å². The Morgan fingerprint density at radius 1 is 1.11 bits per heavy atom. The van der Waals surface area contributed by atoms with E-state index in [0.29, 0.717) is 23.2 Å². The fraction of sp³-hybridized carbons (Fsp3) is 0.448. The molecule has 6 nitrogen and oxygen atoms in total. The number of nitriles is 1.